The first kappa shape index (κ1) is 47.7. The highest BCUT2D eigenvalue weighted by molar-refractivity contribution is 5.99. The lowest BCUT2D eigenvalue weighted by Crippen LogP contribution is -2.58. The van der Waals surface area contributed by atoms with Crippen LogP contribution in [-0.2, 0) is 38.1 Å². The smallest absolute Gasteiger partial charge is 0.407 e. The monoisotopic (exact) mass is 920 g/mol. The lowest BCUT2D eigenvalue weighted by molar-refractivity contribution is -0.153. The van der Waals surface area contributed by atoms with Gasteiger partial charge in [0.05, 0.1) is 26.4 Å². The summed E-state index contributed by atoms with van der Waals surface area (Å²) in [6, 6.07) is 2.99. The van der Waals surface area contributed by atoms with E-state index < -0.39 is 96.2 Å². The molecule has 20 heteroatoms. The summed E-state index contributed by atoms with van der Waals surface area (Å²) >= 11 is 0. The highest BCUT2D eigenvalue weighted by Crippen LogP contribution is 2.51. The van der Waals surface area contributed by atoms with Gasteiger partial charge in [0.25, 0.3) is 0 Å². The summed E-state index contributed by atoms with van der Waals surface area (Å²) < 4.78 is 32.4. The molecule has 20 nitrogen and oxygen atoms in total. The van der Waals surface area contributed by atoms with Crippen LogP contribution in [0.4, 0.5) is 9.59 Å². The van der Waals surface area contributed by atoms with E-state index in [0.717, 1.165) is 27.1 Å². The Labute approximate surface area is 380 Å². The van der Waals surface area contributed by atoms with E-state index in [1.165, 1.54) is 60.4 Å². The first-order valence-corrected chi connectivity index (χ1v) is 22.1. The summed E-state index contributed by atoms with van der Waals surface area (Å²) in [5, 5.41) is 26.0. The molecule has 2 aromatic rings. The van der Waals surface area contributed by atoms with Crippen LogP contribution in [0, 0.1) is 23.7 Å². The minimum absolute atomic E-state index is 0.187. The minimum Gasteiger partial charge on any atom is -0.480 e. The van der Waals surface area contributed by atoms with Crippen LogP contribution >= 0.6 is 0 Å². The molecule has 66 heavy (non-hydrogen) atoms. The molecule has 2 saturated heterocycles. The number of carboxylic acids is 2. The molecule has 3 aliphatic heterocycles. The molecule has 12 atom stereocenters. The number of ketones is 2. The van der Waals surface area contributed by atoms with Crippen molar-refractivity contribution in [1.29, 1.82) is 0 Å². The number of Topliss-reactive ketones (excluding diaryl/α,β-unsaturated/α-hetero) is 2. The lowest BCUT2D eigenvalue weighted by Gasteiger charge is -2.33. The highest BCUT2D eigenvalue weighted by atomic mass is 16.6. The van der Waals surface area contributed by atoms with Crippen molar-refractivity contribution in [3.63, 3.8) is 0 Å². The number of hydrogen-bond donors (Lipinski definition) is 4. The number of likely N-dealkylation sites (tertiary alicyclic amines) is 2. The number of amides is 4. The van der Waals surface area contributed by atoms with Gasteiger partial charge in [-0.25, -0.2) is 19.2 Å². The largest absolute Gasteiger partial charge is 0.480 e. The minimum atomic E-state index is -1.35. The number of hydrogen-bond acceptors (Lipinski definition) is 14. The van der Waals surface area contributed by atoms with Crippen molar-refractivity contribution in [3.05, 3.63) is 47.5 Å². The summed E-state index contributed by atoms with van der Waals surface area (Å²) in [6.07, 6.45) is -0.0520. The third-order valence-electron chi connectivity index (χ3n) is 14.2. The zero-order valence-corrected chi connectivity index (χ0v) is 37.6. The Kier molecular flexibility index (Phi) is 14.2. The summed E-state index contributed by atoms with van der Waals surface area (Å²) in [5.41, 5.74) is 0.446. The first-order chi connectivity index (χ1) is 31.5. The average molecular weight is 921 g/mol. The maximum Gasteiger partial charge on any atom is 0.407 e. The van der Waals surface area contributed by atoms with Crippen molar-refractivity contribution >= 4 is 47.5 Å². The summed E-state index contributed by atoms with van der Waals surface area (Å²) in [4.78, 5) is 109. The van der Waals surface area contributed by atoms with Gasteiger partial charge in [-0.3, -0.25) is 19.2 Å². The first-order valence-electron chi connectivity index (χ1n) is 22.1. The quantitative estimate of drug-likeness (QED) is 0.145. The third-order valence-corrected chi connectivity index (χ3v) is 14.2. The number of carbonyl (C=O) groups excluding carboxylic acids is 6. The van der Waals surface area contributed by atoms with Gasteiger partial charge in [0.1, 0.15) is 24.2 Å². The maximum absolute atomic E-state index is 14.1. The molecule has 2 aliphatic carbocycles. The van der Waals surface area contributed by atoms with Gasteiger partial charge < -0.3 is 59.1 Å². The van der Waals surface area contributed by atoms with Gasteiger partial charge >= 0.3 is 24.1 Å². The number of methoxy groups -OCH3 is 4. The lowest BCUT2D eigenvalue weighted by atomic mass is 9.83. The van der Waals surface area contributed by atoms with Crippen molar-refractivity contribution < 1.29 is 77.0 Å². The maximum atomic E-state index is 14.1. The molecule has 0 unspecified atom stereocenters. The van der Waals surface area contributed by atoms with E-state index in [4.69, 9.17) is 28.4 Å². The molecule has 0 aromatic heterocycles. The van der Waals surface area contributed by atoms with E-state index in [0.29, 0.717) is 25.7 Å². The zero-order chi connectivity index (χ0) is 47.7. The van der Waals surface area contributed by atoms with E-state index in [9.17, 15) is 48.6 Å². The van der Waals surface area contributed by atoms with E-state index in [2.05, 4.69) is 10.6 Å². The van der Waals surface area contributed by atoms with Gasteiger partial charge in [-0.2, -0.15) is 0 Å². The average Bonchev–Trinajstić information content (AvgIpc) is 4.10. The Morgan fingerprint density at radius 2 is 0.985 bits per heavy atom. The van der Waals surface area contributed by atoms with Crippen LogP contribution in [0.25, 0.3) is 0 Å². The van der Waals surface area contributed by atoms with Crippen LogP contribution in [0.1, 0.15) is 85.9 Å². The predicted molar refractivity (Wildman–Crippen MR) is 228 cm³/mol. The molecule has 2 aromatic carbocycles. The van der Waals surface area contributed by atoms with Gasteiger partial charge in [-0.1, -0.05) is 12.8 Å². The standard InChI is InChI=1S/C46H56N4O16/c1-21(61-3)37(47-45(59)63-5)41(53)49-29-11-7-9-25(29)27(39(49)43(55)56)19-31(51)23-13-15-33-35(17-23)65-34-16-14-24(18-36(34)66-33)32(52)20-28-26-10-8-12-30(26)50(40(28)44(57)58)42(54)38(22(2)62-4)48-46(60)64-6/h13-18,21-22,25-30,37-40H,7-12,19-20H2,1-6H3,(H,47,59)(H,48,60)(H,55,56)(H,57,58)/t21-,22-,25+,26+,27-,28+,29+,30+,37+,38+,39+,40+/m1/s1. The Morgan fingerprint density at radius 3 is 1.32 bits per heavy atom. The van der Waals surface area contributed by atoms with Gasteiger partial charge in [0, 0.05) is 62.1 Å². The number of alkyl carbamates (subject to hydrolysis) is 2. The molecule has 0 radical (unpaired) electrons. The van der Waals surface area contributed by atoms with Crippen molar-refractivity contribution in [3.8, 4) is 23.0 Å². The van der Waals surface area contributed by atoms with Crippen LogP contribution < -0.4 is 20.1 Å². The number of ether oxygens (including phenoxy) is 6. The van der Waals surface area contributed by atoms with Crippen molar-refractivity contribution in [2.75, 3.05) is 28.4 Å². The number of fused-ring (bicyclic) bond motifs is 4. The van der Waals surface area contributed by atoms with Gasteiger partial charge in [-0.05, 0) is 87.8 Å². The van der Waals surface area contributed by atoms with Crippen LogP contribution in [0.15, 0.2) is 36.4 Å². The highest BCUT2D eigenvalue weighted by Gasteiger charge is 2.58. The fourth-order valence-electron chi connectivity index (χ4n) is 11.0. The number of benzene rings is 2. The molecule has 3 heterocycles. The van der Waals surface area contributed by atoms with Crippen molar-refractivity contribution in [2.24, 2.45) is 23.7 Å². The fraction of sp³-hybridized carbons (Fsp3) is 0.565. The number of nitrogens with one attached hydrogen (secondary N) is 2. The molecule has 7 rings (SSSR count). The molecular formula is C46H56N4O16. The second-order valence-electron chi connectivity index (χ2n) is 17.6. The molecule has 4 amide bonds. The molecule has 0 spiro atoms. The van der Waals surface area contributed by atoms with Crippen molar-refractivity contribution in [2.45, 2.75) is 114 Å². The number of carbonyl (C=O) groups is 8. The summed E-state index contributed by atoms with van der Waals surface area (Å²) in [7, 11) is 5.02. The van der Waals surface area contributed by atoms with Gasteiger partial charge in [-0.15, -0.1) is 0 Å². The Hall–Kier alpha value is -6.28. The molecule has 2 saturated carbocycles. The van der Waals surface area contributed by atoms with Crippen molar-refractivity contribution in [1.82, 2.24) is 20.4 Å². The van der Waals surface area contributed by atoms with Gasteiger partial charge in [0.15, 0.2) is 34.6 Å². The van der Waals surface area contributed by atoms with Crippen LogP contribution in [0.3, 0.4) is 0 Å². The van der Waals surface area contributed by atoms with E-state index >= 15 is 0 Å². The molecule has 356 valence electrons. The molecule has 5 aliphatic rings. The van der Waals surface area contributed by atoms with Gasteiger partial charge in [0.2, 0.25) is 11.8 Å². The Bertz CT molecular complexity index is 2110. The molecular weight excluding hydrogens is 865 g/mol. The number of rotatable bonds is 16. The summed E-state index contributed by atoms with van der Waals surface area (Å²) in [6.45, 7) is 3.15. The normalized spacial score (nSPS) is 26.5. The fourth-order valence-corrected chi connectivity index (χ4v) is 11.0. The second-order valence-corrected chi connectivity index (χ2v) is 17.6. The number of carboxylic acid groups (broad SMARTS) is 2. The predicted octanol–water partition coefficient (Wildman–Crippen LogP) is 4.41. The summed E-state index contributed by atoms with van der Waals surface area (Å²) in [5.74, 6) is -5.73. The SMILES string of the molecule is COC(=O)N[C@H](C(=O)N1[C@H](C(=O)O)[C@H](CC(=O)c2ccc3c(c2)Oc2ccc(C(=O)C[C@H]4[C@@H]5CCC[C@@H]5N(C(=O)[C@@H](NC(=O)OC)[C@@H](C)OC)[C@@H]4C(=O)O)cc2O3)[C@@H]2CCC[C@@H]21)[C@@H](C)OC. The third kappa shape index (κ3) is 8.99. The van der Waals surface area contributed by atoms with E-state index in [-0.39, 0.29) is 70.4 Å². The Morgan fingerprint density at radius 1 is 0.606 bits per heavy atom. The van der Waals surface area contributed by atoms with Crippen LogP contribution in [0.2, 0.25) is 0 Å². The molecule has 4 fully saturated rings. The molecule has 0 bridgehead atoms. The second kappa shape index (κ2) is 19.7. The van der Waals surface area contributed by atoms with E-state index in [1.807, 2.05) is 0 Å². The van der Waals surface area contributed by atoms with E-state index in [1.54, 1.807) is 13.8 Å². The van der Waals surface area contributed by atoms with Crippen LogP contribution in [-0.4, -0.2) is 144 Å². The topological polar surface area (TPSA) is 263 Å². The van der Waals surface area contributed by atoms with Crippen LogP contribution in [0.5, 0.6) is 23.0 Å². The molecule has 4 N–H and O–H groups in total. The zero-order valence-electron chi connectivity index (χ0n) is 37.6. The Balaban J connectivity index is 1.06. The number of aliphatic carboxylic acids is 2. The number of nitrogens with zero attached hydrogens (tertiary/aromatic N) is 2.